The van der Waals surface area contributed by atoms with Gasteiger partial charge in [0.2, 0.25) is 0 Å². The quantitative estimate of drug-likeness (QED) is 0.440. The highest BCUT2D eigenvalue weighted by molar-refractivity contribution is 7.15. The van der Waals surface area contributed by atoms with Crippen molar-refractivity contribution in [2.24, 2.45) is 0 Å². The van der Waals surface area contributed by atoms with Crippen molar-refractivity contribution >= 4 is 11.3 Å². The molecule has 0 saturated heterocycles. The van der Waals surface area contributed by atoms with Crippen LogP contribution in [-0.4, -0.2) is 47.3 Å². The summed E-state index contributed by atoms with van der Waals surface area (Å²) in [5.74, 6) is -1.53. The van der Waals surface area contributed by atoms with Gasteiger partial charge in [0.15, 0.2) is 0 Å². The Morgan fingerprint density at radius 2 is 2.11 bits per heavy atom. The third kappa shape index (κ3) is 4.43. The lowest BCUT2D eigenvalue weighted by atomic mass is 9.85. The molecule has 0 spiro atoms. The number of nitriles is 1. The lowest BCUT2D eigenvalue weighted by Gasteiger charge is -2.42. The molecular formula is C24H21F2N7OS. The minimum absolute atomic E-state index is 0.00270. The second-order valence-corrected chi connectivity index (χ2v) is 9.58. The number of pyridine rings is 1. The minimum atomic E-state index is -1.71. The van der Waals surface area contributed by atoms with Gasteiger partial charge in [0.25, 0.3) is 0 Å². The number of thiazole rings is 1. The first-order valence-electron chi connectivity index (χ1n) is 11.0. The number of benzene rings is 1. The smallest absolute Gasteiger partial charge is 0.137 e. The van der Waals surface area contributed by atoms with E-state index in [9.17, 15) is 13.9 Å². The maximum atomic E-state index is 14.9. The van der Waals surface area contributed by atoms with Gasteiger partial charge in [-0.3, -0.25) is 9.88 Å². The summed E-state index contributed by atoms with van der Waals surface area (Å²) in [5, 5.41) is 25.9. The molecule has 1 aromatic carbocycles. The van der Waals surface area contributed by atoms with Crippen LogP contribution in [0.1, 0.15) is 28.6 Å². The molecule has 178 valence electrons. The van der Waals surface area contributed by atoms with Crippen LogP contribution in [0.2, 0.25) is 0 Å². The molecule has 0 bridgehead atoms. The second kappa shape index (κ2) is 9.22. The molecular weight excluding hydrogens is 472 g/mol. The van der Waals surface area contributed by atoms with E-state index < -0.39 is 23.3 Å². The van der Waals surface area contributed by atoms with E-state index in [1.165, 1.54) is 40.9 Å². The van der Waals surface area contributed by atoms with Crippen LogP contribution in [0.25, 0.3) is 10.6 Å². The maximum Gasteiger partial charge on any atom is 0.137 e. The molecule has 2 atom stereocenters. The Bertz CT molecular complexity index is 1400. The van der Waals surface area contributed by atoms with E-state index in [-0.39, 0.29) is 12.1 Å². The molecule has 3 aromatic heterocycles. The Balaban J connectivity index is 1.46. The number of rotatable bonds is 6. The SMILES string of the molecule is C[C@@H](N1CCc2nc(-c3cncc(C#N)c3)sc2C1)[C@](O)(Cn1cncn1)c1ccc(F)cc1F. The Morgan fingerprint density at radius 1 is 1.26 bits per heavy atom. The number of aliphatic hydroxyl groups is 1. The van der Waals surface area contributed by atoms with Gasteiger partial charge in [0.05, 0.1) is 17.8 Å². The first-order valence-corrected chi connectivity index (χ1v) is 11.8. The van der Waals surface area contributed by atoms with Crippen molar-refractivity contribution in [1.29, 1.82) is 5.26 Å². The highest BCUT2D eigenvalue weighted by atomic mass is 32.1. The van der Waals surface area contributed by atoms with Crippen LogP contribution in [0.4, 0.5) is 8.78 Å². The molecule has 0 fully saturated rings. The van der Waals surface area contributed by atoms with Gasteiger partial charge in [-0.1, -0.05) is 6.07 Å². The van der Waals surface area contributed by atoms with Crippen LogP contribution in [0.5, 0.6) is 0 Å². The van der Waals surface area contributed by atoms with E-state index in [4.69, 9.17) is 10.2 Å². The molecule has 8 nitrogen and oxygen atoms in total. The molecule has 0 radical (unpaired) electrons. The molecule has 0 unspecified atom stereocenters. The number of hydrogen-bond donors (Lipinski definition) is 1. The summed E-state index contributed by atoms with van der Waals surface area (Å²) >= 11 is 1.51. The monoisotopic (exact) mass is 493 g/mol. The maximum absolute atomic E-state index is 14.9. The van der Waals surface area contributed by atoms with Crippen molar-refractivity contribution in [1.82, 2.24) is 29.6 Å². The zero-order valence-corrected chi connectivity index (χ0v) is 19.6. The summed E-state index contributed by atoms with van der Waals surface area (Å²) in [7, 11) is 0. The van der Waals surface area contributed by atoms with Gasteiger partial charge in [0.1, 0.15) is 41.0 Å². The van der Waals surface area contributed by atoms with Gasteiger partial charge in [-0.15, -0.1) is 11.3 Å². The summed E-state index contributed by atoms with van der Waals surface area (Å²) in [4.78, 5) is 15.9. The van der Waals surface area contributed by atoms with E-state index in [0.717, 1.165) is 33.3 Å². The van der Waals surface area contributed by atoms with Crippen LogP contribution >= 0.6 is 11.3 Å². The summed E-state index contributed by atoms with van der Waals surface area (Å²) in [6, 6.07) is 6.51. The van der Waals surface area contributed by atoms with Crippen molar-refractivity contribution in [3.8, 4) is 16.6 Å². The zero-order chi connectivity index (χ0) is 24.6. The molecule has 0 saturated carbocycles. The van der Waals surface area contributed by atoms with Crippen LogP contribution in [0.3, 0.4) is 0 Å². The highest BCUT2D eigenvalue weighted by Crippen LogP contribution is 2.37. The number of halogens is 2. The first kappa shape index (κ1) is 23.2. The summed E-state index contributed by atoms with van der Waals surface area (Å²) < 4.78 is 30.0. The number of nitrogens with zero attached hydrogens (tertiary/aromatic N) is 7. The fraction of sp³-hybridized carbons (Fsp3) is 0.292. The predicted octanol–water partition coefficient (Wildman–Crippen LogP) is 3.28. The standard InChI is InChI=1S/C24H21F2N7OS/c1-15(24(34,12-33-14-29-13-30-33)19-3-2-18(25)7-20(19)26)32-5-4-21-22(11-32)35-23(31-21)17-6-16(8-27)9-28-10-17/h2-3,6-7,9-10,13-15,34H,4-5,11-12H2,1H3/t15-,24-/m1/s1. The highest BCUT2D eigenvalue weighted by Gasteiger charge is 2.43. The summed E-state index contributed by atoms with van der Waals surface area (Å²) in [6.45, 7) is 2.87. The molecule has 11 heteroatoms. The fourth-order valence-corrected chi connectivity index (χ4v) is 5.55. The van der Waals surface area contributed by atoms with Crippen molar-refractivity contribution in [3.63, 3.8) is 0 Å². The molecule has 0 amide bonds. The molecule has 5 rings (SSSR count). The minimum Gasteiger partial charge on any atom is -0.381 e. The summed E-state index contributed by atoms with van der Waals surface area (Å²) in [5.41, 5.74) is 0.492. The van der Waals surface area contributed by atoms with E-state index in [1.54, 1.807) is 12.3 Å². The van der Waals surface area contributed by atoms with E-state index in [1.807, 2.05) is 6.92 Å². The van der Waals surface area contributed by atoms with Crippen LogP contribution < -0.4 is 0 Å². The molecule has 0 aliphatic carbocycles. The van der Waals surface area contributed by atoms with Gasteiger partial charge < -0.3 is 5.11 Å². The van der Waals surface area contributed by atoms with Crippen molar-refractivity contribution in [2.45, 2.75) is 38.1 Å². The Kier molecular flexibility index (Phi) is 6.10. The van der Waals surface area contributed by atoms with E-state index in [0.29, 0.717) is 25.1 Å². The van der Waals surface area contributed by atoms with E-state index in [2.05, 4.69) is 26.0 Å². The molecule has 4 heterocycles. The Morgan fingerprint density at radius 3 is 2.86 bits per heavy atom. The first-order chi connectivity index (χ1) is 16.9. The normalized spacial score (nSPS) is 16.3. The average Bonchev–Trinajstić information content (AvgIpc) is 3.52. The largest absolute Gasteiger partial charge is 0.381 e. The lowest BCUT2D eigenvalue weighted by Crippen LogP contribution is -2.53. The lowest BCUT2D eigenvalue weighted by molar-refractivity contribution is -0.0675. The zero-order valence-electron chi connectivity index (χ0n) is 18.8. The van der Waals surface area contributed by atoms with Gasteiger partial charge >= 0.3 is 0 Å². The number of aromatic nitrogens is 5. The molecule has 4 aromatic rings. The Hall–Kier alpha value is -3.59. The van der Waals surface area contributed by atoms with Crippen LogP contribution in [0.15, 0.2) is 49.3 Å². The van der Waals surface area contributed by atoms with Crippen LogP contribution in [0, 0.1) is 23.0 Å². The molecule has 1 aliphatic heterocycles. The third-order valence-corrected chi connectivity index (χ3v) is 7.51. The third-order valence-electron chi connectivity index (χ3n) is 6.38. The number of hydrogen-bond acceptors (Lipinski definition) is 8. The molecule has 1 aliphatic rings. The molecule has 35 heavy (non-hydrogen) atoms. The topological polar surface area (TPSA) is 104 Å². The van der Waals surface area contributed by atoms with Gasteiger partial charge in [-0.2, -0.15) is 10.4 Å². The van der Waals surface area contributed by atoms with E-state index >= 15 is 0 Å². The van der Waals surface area contributed by atoms with Crippen LogP contribution in [-0.2, 0) is 25.1 Å². The van der Waals surface area contributed by atoms with Gasteiger partial charge in [-0.25, -0.2) is 23.4 Å². The fourth-order valence-electron chi connectivity index (χ4n) is 4.43. The van der Waals surface area contributed by atoms with Crippen molar-refractivity contribution in [3.05, 3.63) is 82.6 Å². The Labute approximate surface area is 204 Å². The molecule has 1 N–H and O–H groups in total. The number of fused-ring (bicyclic) bond motifs is 1. The summed E-state index contributed by atoms with van der Waals surface area (Å²) in [6.07, 6.45) is 6.62. The average molecular weight is 494 g/mol. The van der Waals surface area contributed by atoms with Gasteiger partial charge in [0, 0.05) is 60.0 Å². The second-order valence-electron chi connectivity index (χ2n) is 8.50. The van der Waals surface area contributed by atoms with Crippen molar-refractivity contribution in [2.75, 3.05) is 6.54 Å². The van der Waals surface area contributed by atoms with Gasteiger partial charge in [-0.05, 0) is 19.1 Å². The predicted molar refractivity (Wildman–Crippen MR) is 124 cm³/mol. The van der Waals surface area contributed by atoms with Crippen molar-refractivity contribution < 1.29 is 13.9 Å².